The second-order valence-electron chi connectivity index (χ2n) is 3.43. The van der Waals surface area contributed by atoms with Crippen LogP contribution in [-0.4, -0.2) is 35.2 Å². The van der Waals surface area contributed by atoms with Crippen LogP contribution >= 0.6 is 23.8 Å². The van der Waals surface area contributed by atoms with Crippen LogP contribution in [0.25, 0.3) is 0 Å². The molecule has 5 nitrogen and oxygen atoms in total. The molecule has 0 unspecified atom stereocenters. The maximum absolute atomic E-state index is 5.96. The van der Waals surface area contributed by atoms with Gasteiger partial charge in [-0.2, -0.15) is 0 Å². The predicted octanol–water partition coefficient (Wildman–Crippen LogP) is 0.622. The summed E-state index contributed by atoms with van der Waals surface area (Å²) in [5.41, 5.74) is 1.58. The SMILES string of the molecule is CNC(=S)NCCNCc1ncc(C)nc1Cl. The van der Waals surface area contributed by atoms with E-state index in [0.717, 1.165) is 24.5 Å². The first kappa shape index (κ1) is 14.1. The fourth-order valence-electron chi connectivity index (χ4n) is 1.15. The average Bonchev–Trinajstić information content (AvgIpc) is 2.30. The van der Waals surface area contributed by atoms with Crippen molar-refractivity contribution in [2.75, 3.05) is 20.1 Å². The summed E-state index contributed by atoms with van der Waals surface area (Å²) in [5.74, 6) is 0. The van der Waals surface area contributed by atoms with Crippen molar-refractivity contribution in [2.45, 2.75) is 13.5 Å². The van der Waals surface area contributed by atoms with Gasteiger partial charge in [-0.1, -0.05) is 11.6 Å². The second-order valence-corrected chi connectivity index (χ2v) is 4.20. The van der Waals surface area contributed by atoms with E-state index in [9.17, 15) is 0 Å². The Morgan fingerprint density at radius 3 is 2.88 bits per heavy atom. The van der Waals surface area contributed by atoms with E-state index in [-0.39, 0.29) is 0 Å². The van der Waals surface area contributed by atoms with E-state index in [1.165, 1.54) is 0 Å². The van der Waals surface area contributed by atoms with Crippen LogP contribution in [0.4, 0.5) is 0 Å². The molecule has 0 fully saturated rings. The Morgan fingerprint density at radius 2 is 2.24 bits per heavy atom. The van der Waals surface area contributed by atoms with Crippen molar-refractivity contribution >= 4 is 28.9 Å². The molecule has 0 aliphatic rings. The second kappa shape index (κ2) is 7.37. The van der Waals surface area contributed by atoms with Crippen molar-refractivity contribution in [1.29, 1.82) is 0 Å². The summed E-state index contributed by atoms with van der Waals surface area (Å²) in [7, 11) is 1.78. The number of hydrogen-bond donors (Lipinski definition) is 3. The molecule has 17 heavy (non-hydrogen) atoms. The minimum Gasteiger partial charge on any atom is -0.366 e. The standard InChI is InChI=1S/C10H16ClN5S/c1-7-5-15-8(9(11)16-7)6-13-3-4-14-10(17)12-2/h5,13H,3-4,6H2,1-2H3,(H2,12,14,17). The summed E-state index contributed by atoms with van der Waals surface area (Å²) in [6.07, 6.45) is 1.71. The minimum absolute atomic E-state index is 0.455. The number of aromatic nitrogens is 2. The van der Waals surface area contributed by atoms with E-state index in [0.29, 0.717) is 16.8 Å². The van der Waals surface area contributed by atoms with Gasteiger partial charge in [0.15, 0.2) is 10.3 Å². The Labute approximate surface area is 111 Å². The van der Waals surface area contributed by atoms with Gasteiger partial charge in [0.25, 0.3) is 0 Å². The highest BCUT2D eigenvalue weighted by Gasteiger charge is 2.02. The summed E-state index contributed by atoms with van der Waals surface area (Å²) < 4.78 is 0. The fourth-order valence-corrected chi connectivity index (χ4v) is 1.50. The highest BCUT2D eigenvalue weighted by Crippen LogP contribution is 2.09. The molecule has 0 aromatic carbocycles. The van der Waals surface area contributed by atoms with Gasteiger partial charge in [0.2, 0.25) is 0 Å². The number of thiocarbonyl (C=S) groups is 1. The van der Waals surface area contributed by atoms with Gasteiger partial charge >= 0.3 is 0 Å². The van der Waals surface area contributed by atoms with Crippen LogP contribution in [0.15, 0.2) is 6.20 Å². The highest BCUT2D eigenvalue weighted by molar-refractivity contribution is 7.80. The topological polar surface area (TPSA) is 61.9 Å². The van der Waals surface area contributed by atoms with Gasteiger partial charge in [0.1, 0.15) is 0 Å². The van der Waals surface area contributed by atoms with Crippen LogP contribution in [0.3, 0.4) is 0 Å². The van der Waals surface area contributed by atoms with Crippen molar-refractivity contribution in [3.8, 4) is 0 Å². The zero-order chi connectivity index (χ0) is 12.7. The molecule has 0 atom stereocenters. The lowest BCUT2D eigenvalue weighted by atomic mass is 10.4. The molecule has 1 aromatic rings. The lowest BCUT2D eigenvalue weighted by molar-refractivity contribution is 0.657. The van der Waals surface area contributed by atoms with Crippen molar-refractivity contribution in [1.82, 2.24) is 25.9 Å². The molecular formula is C10H16ClN5S. The summed E-state index contributed by atoms with van der Waals surface area (Å²) in [4.78, 5) is 8.34. The summed E-state index contributed by atoms with van der Waals surface area (Å²) >= 11 is 10.9. The third kappa shape index (κ3) is 5.25. The molecule has 7 heteroatoms. The van der Waals surface area contributed by atoms with Crippen molar-refractivity contribution < 1.29 is 0 Å². The van der Waals surface area contributed by atoms with Gasteiger partial charge in [0.05, 0.1) is 11.4 Å². The van der Waals surface area contributed by atoms with E-state index in [1.807, 2.05) is 6.92 Å². The maximum atomic E-state index is 5.96. The molecule has 0 bridgehead atoms. The van der Waals surface area contributed by atoms with Crippen LogP contribution in [0.2, 0.25) is 5.15 Å². The molecule has 0 amide bonds. The lowest BCUT2D eigenvalue weighted by Crippen LogP contribution is -2.37. The lowest BCUT2D eigenvalue weighted by Gasteiger charge is -2.08. The Balaban J connectivity index is 2.24. The molecule has 94 valence electrons. The number of halogens is 1. The molecule has 1 rings (SSSR count). The number of nitrogens with zero attached hydrogens (tertiary/aromatic N) is 2. The first-order chi connectivity index (χ1) is 8.13. The van der Waals surface area contributed by atoms with Gasteiger partial charge in [-0.15, -0.1) is 0 Å². The van der Waals surface area contributed by atoms with Crippen LogP contribution in [-0.2, 0) is 6.54 Å². The maximum Gasteiger partial charge on any atom is 0.166 e. The van der Waals surface area contributed by atoms with Crippen LogP contribution in [0.1, 0.15) is 11.4 Å². The summed E-state index contributed by atoms with van der Waals surface area (Å²) in [6, 6.07) is 0. The van der Waals surface area contributed by atoms with Gasteiger partial charge < -0.3 is 16.0 Å². The third-order valence-corrected chi connectivity index (χ3v) is 2.68. The average molecular weight is 274 g/mol. The molecule has 0 radical (unpaired) electrons. The van der Waals surface area contributed by atoms with E-state index in [2.05, 4.69) is 25.9 Å². The number of hydrogen-bond acceptors (Lipinski definition) is 4. The van der Waals surface area contributed by atoms with Crippen molar-refractivity contribution in [2.24, 2.45) is 0 Å². The van der Waals surface area contributed by atoms with Gasteiger partial charge in [0, 0.05) is 32.9 Å². The first-order valence-electron chi connectivity index (χ1n) is 5.28. The number of aryl methyl sites for hydroxylation is 1. The zero-order valence-electron chi connectivity index (χ0n) is 9.88. The summed E-state index contributed by atoms with van der Waals surface area (Å²) in [6.45, 7) is 3.98. The number of rotatable bonds is 5. The molecular weight excluding hydrogens is 258 g/mol. The monoisotopic (exact) mass is 273 g/mol. The Morgan fingerprint density at radius 1 is 1.47 bits per heavy atom. The first-order valence-corrected chi connectivity index (χ1v) is 6.06. The number of nitrogens with one attached hydrogen (secondary N) is 3. The Bertz CT molecular complexity index is 385. The van der Waals surface area contributed by atoms with Crippen molar-refractivity contribution in [3.63, 3.8) is 0 Å². The van der Waals surface area contributed by atoms with E-state index < -0.39 is 0 Å². The van der Waals surface area contributed by atoms with Gasteiger partial charge in [-0.25, -0.2) is 4.98 Å². The van der Waals surface area contributed by atoms with E-state index in [1.54, 1.807) is 13.2 Å². The smallest absolute Gasteiger partial charge is 0.166 e. The molecule has 0 spiro atoms. The van der Waals surface area contributed by atoms with Crippen LogP contribution < -0.4 is 16.0 Å². The van der Waals surface area contributed by atoms with Crippen LogP contribution in [0.5, 0.6) is 0 Å². The summed E-state index contributed by atoms with van der Waals surface area (Å²) in [5, 5.41) is 10.2. The highest BCUT2D eigenvalue weighted by atomic mass is 35.5. The molecule has 3 N–H and O–H groups in total. The predicted molar refractivity (Wildman–Crippen MR) is 73.1 cm³/mol. The Kier molecular flexibility index (Phi) is 6.10. The molecule has 0 aliphatic heterocycles. The zero-order valence-corrected chi connectivity index (χ0v) is 11.5. The quantitative estimate of drug-likeness (QED) is 0.540. The normalized spacial score (nSPS) is 10.1. The van der Waals surface area contributed by atoms with Crippen LogP contribution in [0, 0.1) is 6.92 Å². The molecule has 1 heterocycles. The van der Waals surface area contributed by atoms with E-state index in [4.69, 9.17) is 23.8 Å². The van der Waals surface area contributed by atoms with E-state index >= 15 is 0 Å². The van der Waals surface area contributed by atoms with Crippen molar-refractivity contribution in [3.05, 3.63) is 22.7 Å². The largest absolute Gasteiger partial charge is 0.366 e. The fraction of sp³-hybridized carbons (Fsp3) is 0.500. The Hall–Kier alpha value is -0.980. The molecule has 0 saturated carbocycles. The van der Waals surface area contributed by atoms with Gasteiger partial charge in [-0.05, 0) is 19.1 Å². The molecule has 0 aliphatic carbocycles. The molecule has 1 aromatic heterocycles. The van der Waals surface area contributed by atoms with Gasteiger partial charge in [-0.3, -0.25) is 4.98 Å². The minimum atomic E-state index is 0.455. The third-order valence-electron chi connectivity index (χ3n) is 2.03. The molecule has 0 saturated heterocycles.